The van der Waals surface area contributed by atoms with Crippen molar-refractivity contribution in [3.63, 3.8) is 0 Å². The van der Waals surface area contributed by atoms with Crippen LogP contribution < -0.4 is 14.8 Å². The molecule has 2 N–H and O–H groups in total. The summed E-state index contributed by atoms with van der Waals surface area (Å²) < 4.78 is 25.5. The van der Waals surface area contributed by atoms with E-state index in [-0.39, 0.29) is 11.9 Å². The largest absolute Gasteiger partial charge is 0.493 e. The van der Waals surface area contributed by atoms with Crippen LogP contribution >= 0.6 is 0 Å². The van der Waals surface area contributed by atoms with Crippen LogP contribution in [0.4, 0.5) is 4.39 Å². The first-order valence-electron chi connectivity index (χ1n) is 11.1. The molecule has 0 amide bonds. The standard InChI is InChI=1S/C27H27FN2O2/c1-31-26-15-23-19(13-27(26)32-17-18-5-3-2-4-6-18)11-12-29-24(23)9-7-20-16-30-25-10-8-21(28)14-22(20)25/h2-6,8,10,13-16,24,29-30H,7,9,11-12,17H2,1H3. The van der Waals surface area contributed by atoms with Crippen molar-refractivity contribution in [2.75, 3.05) is 13.7 Å². The smallest absolute Gasteiger partial charge is 0.161 e. The van der Waals surface area contributed by atoms with E-state index in [0.29, 0.717) is 6.61 Å². The van der Waals surface area contributed by atoms with Gasteiger partial charge in [0.05, 0.1) is 7.11 Å². The molecule has 1 aliphatic heterocycles. The van der Waals surface area contributed by atoms with E-state index in [4.69, 9.17) is 9.47 Å². The van der Waals surface area contributed by atoms with Crippen molar-refractivity contribution < 1.29 is 13.9 Å². The van der Waals surface area contributed by atoms with E-state index >= 15 is 0 Å². The summed E-state index contributed by atoms with van der Waals surface area (Å²) in [6, 6.07) is 19.5. The Hall–Kier alpha value is -3.31. The van der Waals surface area contributed by atoms with Crippen LogP contribution in [-0.2, 0) is 19.4 Å². The molecule has 0 bridgehead atoms. The van der Waals surface area contributed by atoms with Crippen LogP contribution in [0.3, 0.4) is 0 Å². The molecule has 0 spiro atoms. The van der Waals surface area contributed by atoms with Crippen LogP contribution in [0.1, 0.15) is 34.7 Å². The number of benzene rings is 3. The molecule has 0 saturated heterocycles. The van der Waals surface area contributed by atoms with Gasteiger partial charge in [0.25, 0.3) is 0 Å². The van der Waals surface area contributed by atoms with Crippen molar-refractivity contribution in [3.05, 3.63) is 94.9 Å². The fraction of sp³-hybridized carbons (Fsp3) is 0.259. The lowest BCUT2D eigenvalue weighted by Crippen LogP contribution is -2.30. The molecule has 0 radical (unpaired) electrons. The van der Waals surface area contributed by atoms with Crippen LogP contribution in [0.5, 0.6) is 11.5 Å². The molecule has 1 unspecified atom stereocenters. The first-order chi connectivity index (χ1) is 15.7. The molecule has 32 heavy (non-hydrogen) atoms. The molecule has 1 aliphatic rings. The zero-order chi connectivity index (χ0) is 21.9. The highest BCUT2D eigenvalue weighted by atomic mass is 19.1. The third-order valence-corrected chi connectivity index (χ3v) is 6.25. The van der Waals surface area contributed by atoms with Crippen molar-refractivity contribution in [2.24, 2.45) is 0 Å². The Bertz CT molecular complexity index is 1220. The second-order valence-electron chi connectivity index (χ2n) is 8.28. The Morgan fingerprint density at radius 3 is 2.75 bits per heavy atom. The topological polar surface area (TPSA) is 46.3 Å². The first kappa shape index (κ1) is 20.6. The minimum atomic E-state index is -0.202. The normalized spacial score (nSPS) is 15.5. The fourth-order valence-electron chi connectivity index (χ4n) is 4.57. The number of ether oxygens (including phenoxy) is 2. The average molecular weight is 431 g/mol. The number of H-pyrrole nitrogens is 1. The van der Waals surface area contributed by atoms with Crippen LogP contribution in [-0.4, -0.2) is 18.6 Å². The monoisotopic (exact) mass is 430 g/mol. The Balaban J connectivity index is 1.35. The lowest BCUT2D eigenvalue weighted by molar-refractivity contribution is 0.283. The van der Waals surface area contributed by atoms with Crippen molar-refractivity contribution in [1.29, 1.82) is 0 Å². The van der Waals surface area contributed by atoms with Gasteiger partial charge in [-0.25, -0.2) is 4.39 Å². The van der Waals surface area contributed by atoms with E-state index in [1.165, 1.54) is 17.2 Å². The summed E-state index contributed by atoms with van der Waals surface area (Å²) in [6.07, 6.45) is 4.73. The van der Waals surface area contributed by atoms with E-state index in [2.05, 4.69) is 34.6 Å². The highest BCUT2D eigenvalue weighted by Crippen LogP contribution is 2.37. The van der Waals surface area contributed by atoms with Crippen molar-refractivity contribution in [2.45, 2.75) is 31.9 Å². The van der Waals surface area contributed by atoms with Gasteiger partial charge < -0.3 is 19.8 Å². The maximum absolute atomic E-state index is 13.7. The van der Waals surface area contributed by atoms with Gasteiger partial charge in [0.2, 0.25) is 0 Å². The van der Waals surface area contributed by atoms with Gasteiger partial charge in [-0.1, -0.05) is 30.3 Å². The van der Waals surface area contributed by atoms with E-state index in [1.54, 1.807) is 19.2 Å². The van der Waals surface area contributed by atoms with Gasteiger partial charge in [-0.15, -0.1) is 0 Å². The fourth-order valence-corrected chi connectivity index (χ4v) is 4.57. The molecular weight excluding hydrogens is 403 g/mol. The third-order valence-electron chi connectivity index (χ3n) is 6.25. The summed E-state index contributed by atoms with van der Waals surface area (Å²) in [5.41, 5.74) is 5.79. The number of nitrogens with one attached hydrogen (secondary N) is 2. The van der Waals surface area contributed by atoms with Crippen molar-refractivity contribution in [1.82, 2.24) is 10.3 Å². The number of fused-ring (bicyclic) bond motifs is 2. The second-order valence-corrected chi connectivity index (χ2v) is 8.28. The summed E-state index contributed by atoms with van der Waals surface area (Å²) in [7, 11) is 1.68. The molecule has 4 aromatic rings. The molecule has 2 heterocycles. The lowest BCUT2D eigenvalue weighted by Gasteiger charge is -2.28. The van der Waals surface area contributed by atoms with Crippen LogP contribution in [0, 0.1) is 5.82 Å². The SMILES string of the molecule is COc1cc2c(cc1OCc1ccccc1)CCNC2CCc1c[nH]c2ccc(F)cc12. The van der Waals surface area contributed by atoms with E-state index in [0.717, 1.165) is 59.3 Å². The molecule has 3 aromatic carbocycles. The Morgan fingerprint density at radius 1 is 1.03 bits per heavy atom. The van der Waals surface area contributed by atoms with Gasteiger partial charge in [0.15, 0.2) is 11.5 Å². The van der Waals surface area contributed by atoms with E-state index in [1.807, 2.05) is 24.4 Å². The molecule has 1 aromatic heterocycles. The maximum atomic E-state index is 13.7. The van der Waals surface area contributed by atoms with Crippen LogP contribution in [0.25, 0.3) is 10.9 Å². The lowest BCUT2D eigenvalue weighted by atomic mass is 9.90. The van der Waals surface area contributed by atoms with E-state index in [9.17, 15) is 4.39 Å². The molecule has 0 saturated carbocycles. The number of aromatic amines is 1. The quantitative estimate of drug-likeness (QED) is 0.395. The molecule has 0 fully saturated rings. The highest BCUT2D eigenvalue weighted by molar-refractivity contribution is 5.83. The number of hydrogen-bond donors (Lipinski definition) is 2. The van der Waals surface area contributed by atoms with Gasteiger partial charge in [-0.2, -0.15) is 0 Å². The first-order valence-corrected chi connectivity index (χ1v) is 11.1. The van der Waals surface area contributed by atoms with Gasteiger partial charge in [-0.05, 0) is 78.4 Å². The summed E-state index contributed by atoms with van der Waals surface area (Å²) >= 11 is 0. The molecule has 5 heteroatoms. The number of aryl methyl sites for hydroxylation is 1. The number of hydrogen-bond acceptors (Lipinski definition) is 3. The molecule has 1 atom stereocenters. The molecule has 4 nitrogen and oxygen atoms in total. The number of halogens is 1. The number of rotatable bonds is 7. The molecule has 5 rings (SSSR count). The minimum Gasteiger partial charge on any atom is -0.493 e. The molecule has 164 valence electrons. The number of methoxy groups -OCH3 is 1. The Kier molecular flexibility index (Phi) is 5.82. The highest BCUT2D eigenvalue weighted by Gasteiger charge is 2.23. The van der Waals surface area contributed by atoms with Gasteiger partial charge in [0.1, 0.15) is 12.4 Å². The zero-order valence-corrected chi connectivity index (χ0v) is 18.2. The predicted octanol–water partition coefficient (Wildman–Crippen LogP) is 5.71. The Morgan fingerprint density at radius 2 is 1.91 bits per heavy atom. The maximum Gasteiger partial charge on any atom is 0.161 e. The van der Waals surface area contributed by atoms with Gasteiger partial charge in [0, 0.05) is 23.1 Å². The average Bonchev–Trinajstić information content (AvgIpc) is 3.23. The molecular formula is C27H27FN2O2. The summed E-state index contributed by atoms with van der Waals surface area (Å²) in [4.78, 5) is 3.25. The summed E-state index contributed by atoms with van der Waals surface area (Å²) in [5, 5.41) is 4.61. The van der Waals surface area contributed by atoms with Crippen LogP contribution in [0.15, 0.2) is 66.9 Å². The third kappa shape index (κ3) is 4.21. The second kappa shape index (κ2) is 9.05. The van der Waals surface area contributed by atoms with E-state index < -0.39 is 0 Å². The molecule has 0 aliphatic carbocycles. The van der Waals surface area contributed by atoms with Crippen molar-refractivity contribution >= 4 is 10.9 Å². The van der Waals surface area contributed by atoms with Crippen LogP contribution in [0.2, 0.25) is 0 Å². The zero-order valence-electron chi connectivity index (χ0n) is 18.2. The van der Waals surface area contributed by atoms with Gasteiger partial charge in [-0.3, -0.25) is 0 Å². The summed E-state index contributed by atoms with van der Waals surface area (Å²) in [5.74, 6) is 1.33. The van der Waals surface area contributed by atoms with Gasteiger partial charge >= 0.3 is 0 Å². The predicted molar refractivity (Wildman–Crippen MR) is 125 cm³/mol. The Labute approximate surface area is 187 Å². The van der Waals surface area contributed by atoms with Crippen molar-refractivity contribution in [3.8, 4) is 11.5 Å². The number of aromatic nitrogens is 1. The minimum absolute atomic E-state index is 0.202. The summed E-state index contributed by atoms with van der Waals surface area (Å²) in [6.45, 7) is 1.43.